The van der Waals surface area contributed by atoms with E-state index in [-0.39, 0.29) is 6.42 Å². The molecule has 1 aromatic rings. The van der Waals surface area contributed by atoms with Gasteiger partial charge in [0, 0.05) is 27.6 Å². The summed E-state index contributed by atoms with van der Waals surface area (Å²) in [5, 5.41) is 12.2. The van der Waals surface area contributed by atoms with Gasteiger partial charge in [-0.2, -0.15) is 11.8 Å². The fourth-order valence-corrected chi connectivity index (χ4v) is 4.44. The Morgan fingerprint density at radius 1 is 1.50 bits per heavy atom. The summed E-state index contributed by atoms with van der Waals surface area (Å²) < 4.78 is 0.390. The third-order valence-corrected chi connectivity index (χ3v) is 5.76. The molecule has 1 fully saturated rings. The summed E-state index contributed by atoms with van der Waals surface area (Å²) in [6, 6.07) is 3.95. The van der Waals surface area contributed by atoms with Crippen LogP contribution in [0.4, 0.5) is 0 Å². The molecule has 2 heterocycles. The molecule has 1 saturated heterocycles. The molecule has 0 saturated carbocycles. The van der Waals surface area contributed by atoms with Gasteiger partial charge in [-0.25, -0.2) is 0 Å². The van der Waals surface area contributed by atoms with Crippen molar-refractivity contribution in [2.45, 2.75) is 37.5 Å². The van der Waals surface area contributed by atoms with E-state index in [1.165, 1.54) is 23.5 Å². The first-order chi connectivity index (χ1) is 8.57. The van der Waals surface area contributed by atoms with Gasteiger partial charge in [0.2, 0.25) is 0 Å². The zero-order valence-corrected chi connectivity index (χ0v) is 12.2. The van der Waals surface area contributed by atoms with E-state index in [0.29, 0.717) is 4.75 Å². The summed E-state index contributed by atoms with van der Waals surface area (Å²) in [7, 11) is 0. The summed E-state index contributed by atoms with van der Waals surface area (Å²) >= 11 is 3.65. The molecule has 100 valence electrons. The van der Waals surface area contributed by atoms with Crippen LogP contribution in [0, 0.1) is 0 Å². The molecule has 1 unspecified atom stereocenters. The molecular weight excluding hydrogens is 266 g/mol. The minimum absolute atomic E-state index is 0.137. The Hall–Kier alpha value is -0.520. The molecule has 2 N–H and O–H groups in total. The fourth-order valence-electron chi connectivity index (χ4n) is 2.19. The number of thiophene rings is 1. The van der Waals surface area contributed by atoms with Crippen molar-refractivity contribution in [3.63, 3.8) is 0 Å². The highest BCUT2D eigenvalue weighted by Crippen LogP contribution is 2.37. The lowest BCUT2D eigenvalue weighted by Crippen LogP contribution is -2.32. The molecule has 5 heteroatoms. The lowest BCUT2D eigenvalue weighted by molar-refractivity contribution is -0.136. The monoisotopic (exact) mass is 285 g/mol. The van der Waals surface area contributed by atoms with Crippen molar-refractivity contribution >= 4 is 29.1 Å². The van der Waals surface area contributed by atoms with Crippen LogP contribution in [0.2, 0.25) is 0 Å². The predicted molar refractivity (Wildman–Crippen MR) is 77.5 cm³/mol. The number of hydrogen-bond donors (Lipinski definition) is 2. The molecule has 18 heavy (non-hydrogen) atoms. The maximum absolute atomic E-state index is 10.6. The number of carboxylic acid groups (broad SMARTS) is 1. The molecule has 1 aromatic heterocycles. The van der Waals surface area contributed by atoms with Crippen molar-refractivity contribution in [1.29, 1.82) is 0 Å². The van der Waals surface area contributed by atoms with E-state index < -0.39 is 5.97 Å². The average molecular weight is 285 g/mol. The molecule has 1 aliphatic rings. The maximum atomic E-state index is 10.6. The van der Waals surface area contributed by atoms with Crippen LogP contribution >= 0.6 is 23.1 Å². The number of carboxylic acids is 1. The molecule has 0 aromatic carbocycles. The van der Waals surface area contributed by atoms with Gasteiger partial charge in [-0.3, -0.25) is 4.79 Å². The van der Waals surface area contributed by atoms with Crippen LogP contribution in [-0.2, 0) is 17.8 Å². The number of nitrogens with one attached hydrogen (secondary N) is 1. The Morgan fingerprint density at radius 2 is 2.28 bits per heavy atom. The van der Waals surface area contributed by atoms with Gasteiger partial charge in [-0.15, -0.1) is 11.3 Å². The smallest absolute Gasteiger partial charge is 0.308 e. The van der Waals surface area contributed by atoms with E-state index >= 15 is 0 Å². The van der Waals surface area contributed by atoms with Gasteiger partial charge in [0.25, 0.3) is 0 Å². The van der Waals surface area contributed by atoms with E-state index in [4.69, 9.17) is 5.11 Å². The Bertz CT molecular complexity index is 411. The fraction of sp³-hybridized carbons (Fsp3) is 0.615. The van der Waals surface area contributed by atoms with Crippen molar-refractivity contribution in [1.82, 2.24) is 5.32 Å². The molecule has 0 aliphatic carbocycles. The number of carbonyl (C=O) groups is 1. The molecule has 0 radical (unpaired) electrons. The van der Waals surface area contributed by atoms with E-state index in [1.807, 2.05) is 12.1 Å². The predicted octanol–water partition coefficient (Wildman–Crippen LogP) is 2.75. The molecule has 0 amide bonds. The maximum Gasteiger partial charge on any atom is 0.308 e. The second-order valence-electron chi connectivity index (χ2n) is 4.94. The Morgan fingerprint density at radius 3 is 2.94 bits per heavy atom. The van der Waals surface area contributed by atoms with Crippen LogP contribution in [0.1, 0.15) is 29.5 Å². The van der Waals surface area contributed by atoms with Gasteiger partial charge < -0.3 is 10.4 Å². The second-order valence-corrected chi connectivity index (χ2v) is 7.88. The van der Waals surface area contributed by atoms with Gasteiger partial charge >= 0.3 is 5.97 Å². The number of rotatable bonds is 6. The second kappa shape index (κ2) is 6.08. The van der Waals surface area contributed by atoms with Crippen LogP contribution in [0.15, 0.2) is 12.1 Å². The zero-order chi connectivity index (χ0) is 13.0. The van der Waals surface area contributed by atoms with Crippen molar-refractivity contribution in [3.8, 4) is 0 Å². The first-order valence-electron chi connectivity index (χ1n) is 6.21. The number of thioether (sulfide) groups is 1. The summed E-state index contributed by atoms with van der Waals surface area (Å²) in [4.78, 5) is 12.7. The Kier molecular flexibility index (Phi) is 4.70. The van der Waals surface area contributed by atoms with E-state index in [0.717, 1.165) is 18.0 Å². The van der Waals surface area contributed by atoms with E-state index in [1.54, 1.807) is 11.3 Å². The lowest BCUT2D eigenvalue weighted by Gasteiger charge is -2.22. The topological polar surface area (TPSA) is 49.3 Å². The quantitative estimate of drug-likeness (QED) is 0.844. The molecular formula is C13H19NO2S2. The highest BCUT2D eigenvalue weighted by Gasteiger charge is 2.28. The molecule has 3 nitrogen and oxygen atoms in total. The minimum Gasteiger partial charge on any atom is -0.481 e. The highest BCUT2D eigenvalue weighted by molar-refractivity contribution is 8.00. The zero-order valence-electron chi connectivity index (χ0n) is 10.6. The molecule has 0 bridgehead atoms. The molecule has 1 aliphatic heterocycles. The van der Waals surface area contributed by atoms with Crippen molar-refractivity contribution < 1.29 is 9.90 Å². The first-order valence-corrected chi connectivity index (χ1v) is 8.02. The van der Waals surface area contributed by atoms with Gasteiger partial charge in [0.1, 0.15) is 0 Å². The normalized spacial score (nSPS) is 23.4. The van der Waals surface area contributed by atoms with Gasteiger partial charge in [0.05, 0.1) is 6.42 Å². The van der Waals surface area contributed by atoms with Crippen molar-refractivity contribution in [2.24, 2.45) is 0 Å². The Balaban J connectivity index is 1.76. The number of aliphatic carboxylic acids is 1. The highest BCUT2D eigenvalue weighted by atomic mass is 32.2. The van der Waals surface area contributed by atoms with Crippen LogP contribution in [0.3, 0.4) is 0 Å². The number of hydrogen-bond acceptors (Lipinski definition) is 4. The minimum atomic E-state index is -0.758. The van der Waals surface area contributed by atoms with E-state index in [2.05, 4.69) is 24.0 Å². The third-order valence-electron chi connectivity index (χ3n) is 3.14. The molecule has 0 spiro atoms. The van der Waals surface area contributed by atoms with E-state index in [9.17, 15) is 4.79 Å². The summed E-state index contributed by atoms with van der Waals surface area (Å²) in [5.41, 5.74) is 0. The van der Waals surface area contributed by atoms with Gasteiger partial charge in [0.15, 0.2) is 0 Å². The van der Waals surface area contributed by atoms with Crippen LogP contribution in [-0.4, -0.2) is 28.1 Å². The Labute approximate surface area is 116 Å². The van der Waals surface area contributed by atoms with Gasteiger partial charge in [-0.1, -0.05) is 0 Å². The summed E-state index contributed by atoms with van der Waals surface area (Å²) in [5.74, 6) is 0.520. The van der Waals surface area contributed by atoms with Crippen molar-refractivity contribution in [3.05, 3.63) is 21.9 Å². The third kappa shape index (κ3) is 4.00. The standard InChI is InChI=1S/C13H19NO2S2/c1-13(5-2-6-17-13)9-14-8-11-4-3-10(18-11)7-12(15)16/h3-4,14H,2,5-9H2,1H3,(H,15,16). The SMILES string of the molecule is CC1(CNCc2ccc(CC(=O)O)s2)CCCS1. The first kappa shape index (κ1) is 13.9. The van der Waals surface area contributed by atoms with Crippen molar-refractivity contribution in [2.75, 3.05) is 12.3 Å². The largest absolute Gasteiger partial charge is 0.481 e. The summed E-state index contributed by atoms with van der Waals surface area (Å²) in [6.07, 6.45) is 2.75. The molecule has 1 atom stereocenters. The van der Waals surface area contributed by atoms with Crippen LogP contribution < -0.4 is 5.32 Å². The summed E-state index contributed by atoms with van der Waals surface area (Å²) in [6.45, 7) is 4.20. The molecule has 2 rings (SSSR count). The lowest BCUT2D eigenvalue weighted by atomic mass is 10.1. The van der Waals surface area contributed by atoms with Crippen LogP contribution in [0.25, 0.3) is 0 Å². The van der Waals surface area contributed by atoms with Crippen LogP contribution in [0.5, 0.6) is 0 Å². The van der Waals surface area contributed by atoms with Gasteiger partial charge in [-0.05, 0) is 37.7 Å². The average Bonchev–Trinajstić information content (AvgIpc) is 2.88.